The van der Waals surface area contributed by atoms with Crippen molar-refractivity contribution >= 4 is 11.6 Å². The average Bonchev–Trinajstić information content (AvgIpc) is 2.63. The molecule has 122 valence electrons. The van der Waals surface area contributed by atoms with E-state index in [1.807, 2.05) is 44.2 Å². The molecular formula is C19H21N5. The molecule has 0 radical (unpaired) electrons. The monoisotopic (exact) mass is 319 g/mol. The van der Waals surface area contributed by atoms with Crippen LogP contribution in [0.25, 0.3) is 11.3 Å². The number of hydrogen-bond donors (Lipinski definition) is 0. The first-order valence-corrected chi connectivity index (χ1v) is 7.84. The van der Waals surface area contributed by atoms with E-state index in [2.05, 4.69) is 39.1 Å². The number of pyridine rings is 1. The van der Waals surface area contributed by atoms with Crippen molar-refractivity contribution in [3.05, 3.63) is 66.6 Å². The van der Waals surface area contributed by atoms with Crippen LogP contribution >= 0.6 is 0 Å². The molecule has 5 heteroatoms. The summed E-state index contributed by atoms with van der Waals surface area (Å²) in [5.74, 6) is 0.709. The van der Waals surface area contributed by atoms with E-state index < -0.39 is 0 Å². The highest BCUT2D eigenvalue weighted by molar-refractivity contribution is 5.63. The number of aromatic nitrogens is 3. The van der Waals surface area contributed by atoms with Crippen LogP contribution in [0.2, 0.25) is 0 Å². The van der Waals surface area contributed by atoms with Crippen LogP contribution in [-0.4, -0.2) is 36.1 Å². The van der Waals surface area contributed by atoms with Gasteiger partial charge in [-0.1, -0.05) is 12.1 Å². The molecule has 2 heterocycles. The second-order valence-electron chi connectivity index (χ2n) is 5.89. The maximum absolute atomic E-state index is 4.70. The Kier molecular flexibility index (Phi) is 4.70. The summed E-state index contributed by atoms with van der Waals surface area (Å²) in [7, 11) is 6.06. The van der Waals surface area contributed by atoms with Gasteiger partial charge in [-0.05, 0) is 35.9 Å². The van der Waals surface area contributed by atoms with Crippen LogP contribution in [0.3, 0.4) is 0 Å². The number of rotatable bonds is 5. The highest BCUT2D eigenvalue weighted by Crippen LogP contribution is 2.22. The second-order valence-corrected chi connectivity index (χ2v) is 5.89. The number of anilines is 2. The summed E-state index contributed by atoms with van der Waals surface area (Å²) in [6.07, 6.45) is 5.40. The van der Waals surface area contributed by atoms with Gasteiger partial charge in [0.15, 0.2) is 0 Å². The van der Waals surface area contributed by atoms with Crippen molar-refractivity contribution in [2.24, 2.45) is 0 Å². The third-order valence-corrected chi connectivity index (χ3v) is 3.83. The van der Waals surface area contributed by atoms with Gasteiger partial charge in [-0.15, -0.1) is 0 Å². The van der Waals surface area contributed by atoms with E-state index in [-0.39, 0.29) is 0 Å². The highest BCUT2D eigenvalue weighted by atomic mass is 15.2. The van der Waals surface area contributed by atoms with Crippen LogP contribution < -0.4 is 9.80 Å². The molecule has 0 amide bonds. The normalized spacial score (nSPS) is 10.5. The average molecular weight is 319 g/mol. The second kappa shape index (κ2) is 7.08. The van der Waals surface area contributed by atoms with Gasteiger partial charge in [-0.3, -0.25) is 4.98 Å². The third kappa shape index (κ3) is 3.68. The van der Waals surface area contributed by atoms with E-state index in [4.69, 9.17) is 4.98 Å². The first kappa shape index (κ1) is 15.9. The van der Waals surface area contributed by atoms with E-state index >= 15 is 0 Å². The number of benzene rings is 1. The zero-order chi connectivity index (χ0) is 16.9. The molecule has 0 saturated carbocycles. The fraction of sp³-hybridized carbons (Fsp3) is 0.211. The zero-order valence-electron chi connectivity index (χ0n) is 14.2. The summed E-state index contributed by atoms with van der Waals surface area (Å²) >= 11 is 0. The van der Waals surface area contributed by atoms with Crippen molar-refractivity contribution in [3.8, 4) is 11.3 Å². The molecule has 0 saturated heterocycles. The van der Waals surface area contributed by atoms with Crippen molar-refractivity contribution in [1.82, 2.24) is 15.0 Å². The van der Waals surface area contributed by atoms with Crippen molar-refractivity contribution < 1.29 is 0 Å². The van der Waals surface area contributed by atoms with E-state index in [9.17, 15) is 0 Å². The molecule has 3 aromatic rings. The van der Waals surface area contributed by atoms with E-state index in [0.29, 0.717) is 5.95 Å². The highest BCUT2D eigenvalue weighted by Gasteiger charge is 2.08. The topological polar surface area (TPSA) is 45.2 Å². The Morgan fingerprint density at radius 1 is 0.833 bits per heavy atom. The van der Waals surface area contributed by atoms with Gasteiger partial charge in [0.2, 0.25) is 5.95 Å². The molecule has 3 rings (SSSR count). The molecule has 24 heavy (non-hydrogen) atoms. The van der Waals surface area contributed by atoms with Gasteiger partial charge < -0.3 is 9.80 Å². The first-order valence-electron chi connectivity index (χ1n) is 7.84. The van der Waals surface area contributed by atoms with Crippen LogP contribution in [0.4, 0.5) is 11.6 Å². The third-order valence-electron chi connectivity index (χ3n) is 3.83. The van der Waals surface area contributed by atoms with Crippen LogP contribution in [0.1, 0.15) is 5.56 Å². The first-order chi connectivity index (χ1) is 11.6. The molecule has 0 spiro atoms. The summed E-state index contributed by atoms with van der Waals surface area (Å²) in [6, 6.07) is 14.3. The lowest BCUT2D eigenvalue weighted by Gasteiger charge is -2.17. The molecule has 0 N–H and O–H groups in total. The predicted octanol–water partition coefficient (Wildman–Crippen LogP) is 3.24. The Hall–Kier alpha value is -2.95. The van der Waals surface area contributed by atoms with Crippen LogP contribution in [0.5, 0.6) is 0 Å². The Morgan fingerprint density at radius 2 is 1.54 bits per heavy atom. The lowest BCUT2D eigenvalue weighted by molar-refractivity contribution is 0.866. The smallest absolute Gasteiger partial charge is 0.225 e. The van der Waals surface area contributed by atoms with Gasteiger partial charge in [0.1, 0.15) is 0 Å². The Labute approximate surface area is 142 Å². The van der Waals surface area contributed by atoms with Gasteiger partial charge in [0, 0.05) is 57.5 Å². The maximum atomic E-state index is 4.70. The Balaban J connectivity index is 1.80. The summed E-state index contributed by atoms with van der Waals surface area (Å²) in [6.45, 7) is 0.742. The lowest BCUT2D eigenvalue weighted by atomic mass is 10.1. The summed E-state index contributed by atoms with van der Waals surface area (Å²) in [4.78, 5) is 17.3. The molecule has 1 aromatic carbocycles. The summed E-state index contributed by atoms with van der Waals surface area (Å²) < 4.78 is 0. The SMILES string of the molecule is CN(C)c1ccc(-c2ccnc(N(C)Cc3ccncc3)n2)cc1. The molecular weight excluding hydrogens is 298 g/mol. The van der Waals surface area contributed by atoms with Crippen molar-refractivity contribution in [2.75, 3.05) is 30.9 Å². The van der Waals surface area contributed by atoms with Crippen LogP contribution in [0.15, 0.2) is 61.1 Å². The molecule has 0 unspecified atom stereocenters. The van der Waals surface area contributed by atoms with Gasteiger partial charge in [-0.2, -0.15) is 0 Å². The number of nitrogens with zero attached hydrogens (tertiary/aromatic N) is 5. The molecule has 2 aromatic heterocycles. The van der Waals surface area contributed by atoms with E-state index in [1.54, 1.807) is 18.6 Å². The molecule has 5 nitrogen and oxygen atoms in total. The minimum Gasteiger partial charge on any atom is -0.378 e. The van der Waals surface area contributed by atoms with Crippen LogP contribution in [0, 0.1) is 0 Å². The quantitative estimate of drug-likeness (QED) is 0.722. The molecule has 0 bridgehead atoms. The van der Waals surface area contributed by atoms with Gasteiger partial charge in [0.05, 0.1) is 5.69 Å². The fourth-order valence-corrected chi connectivity index (χ4v) is 2.46. The van der Waals surface area contributed by atoms with E-state index in [0.717, 1.165) is 17.8 Å². The largest absolute Gasteiger partial charge is 0.378 e. The summed E-state index contributed by atoms with van der Waals surface area (Å²) in [5.41, 5.74) is 4.35. The number of hydrogen-bond acceptors (Lipinski definition) is 5. The van der Waals surface area contributed by atoms with Gasteiger partial charge in [0.25, 0.3) is 0 Å². The van der Waals surface area contributed by atoms with E-state index in [1.165, 1.54) is 11.3 Å². The molecule has 0 aliphatic heterocycles. The predicted molar refractivity (Wildman–Crippen MR) is 98.1 cm³/mol. The summed E-state index contributed by atoms with van der Waals surface area (Å²) in [5, 5.41) is 0. The van der Waals surface area contributed by atoms with Gasteiger partial charge in [-0.25, -0.2) is 9.97 Å². The standard InChI is InChI=1S/C19H21N5/c1-23(2)17-6-4-16(5-7-17)18-10-13-21-19(22-18)24(3)14-15-8-11-20-12-9-15/h4-13H,14H2,1-3H3. The molecule has 0 aliphatic carbocycles. The molecule has 0 fully saturated rings. The molecule has 0 aliphatic rings. The minimum atomic E-state index is 0.709. The van der Waals surface area contributed by atoms with Gasteiger partial charge >= 0.3 is 0 Å². The molecule has 0 atom stereocenters. The maximum Gasteiger partial charge on any atom is 0.225 e. The lowest BCUT2D eigenvalue weighted by Crippen LogP contribution is -2.19. The van der Waals surface area contributed by atoms with Crippen LogP contribution in [-0.2, 0) is 6.54 Å². The zero-order valence-corrected chi connectivity index (χ0v) is 14.2. The van der Waals surface area contributed by atoms with Crippen molar-refractivity contribution in [3.63, 3.8) is 0 Å². The Morgan fingerprint density at radius 3 is 2.21 bits per heavy atom. The van der Waals surface area contributed by atoms with Crippen molar-refractivity contribution in [1.29, 1.82) is 0 Å². The Bertz CT molecular complexity index is 784. The fourth-order valence-electron chi connectivity index (χ4n) is 2.46. The minimum absolute atomic E-state index is 0.709. The van der Waals surface area contributed by atoms with Crippen molar-refractivity contribution in [2.45, 2.75) is 6.54 Å².